The second-order valence-electron chi connectivity index (χ2n) is 3.82. The molecule has 0 radical (unpaired) electrons. The number of benzene rings is 1. The summed E-state index contributed by atoms with van der Waals surface area (Å²) in [4.78, 5) is 11.5. The molecule has 0 aliphatic rings. The fourth-order valence-electron chi connectivity index (χ4n) is 1.47. The number of nitriles is 1. The largest absolute Gasteiger partial charge is 0.350 e. The summed E-state index contributed by atoms with van der Waals surface area (Å²) in [6, 6.07) is 9.21. The molecule has 3 nitrogen and oxygen atoms in total. The van der Waals surface area contributed by atoms with Gasteiger partial charge < -0.3 is 5.32 Å². The van der Waals surface area contributed by atoms with Gasteiger partial charge >= 0.3 is 0 Å². The van der Waals surface area contributed by atoms with Gasteiger partial charge in [-0.15, -0.1) is 11.6 Å². The van der Waals surface area contributed by atoms with Gasteiger partial charge in [0.15, 0.2) is 0 Å². The molecule has 0 spiro atoms. The predicted molar refractivity (Wildman–Crippen MR) is 67.7 cm³/mol. The summed E-state index contributed by atoms with van der Waals surface area (Å²) in [5.41, 5.74) is 1.61. The van der Waals surface area contributed by atoms with Crippen LogP contribution in [0.15, 0.2) is 24.3 Å². The average molecular weight is 251 g/mol. The number of amides is 1. The number of alkyl halides is 1. The van der Waals surface area contributed by atoms with E-state index in [0.29, 0.717) is 24.3 Å². The highest BCUT2D eigenvalue weighted by Gasteiger charge is 2.08. The highest BCUT2D eigenvalue weighted by atomic mass is 35.5. The van der Waals surface area contributed by atoms with Gasteiger partial charge in [-0.25, -0.2) is 0 Å². The first-order valence-corrected chi connectivity index (χ1v) is 6.06. The molecule has 0 fully saturated rings. The molecule has 1 N–H and O–H groups in total. The fraction of sp³-hybridized carbons (Fsp3) is 0.385. The molecule has 1 aromatic rings. The summed E-state index contributed by atoms with van der Waals surface area (Å²) in [7, 11) is 0. The zero-order valence-electron chi connectivity index (χ0n) is 9.74. The average Bonchev–Trinajstić information content (AvgIpc) is 2.36. The summed E-state index contributed by atoms with van der Waals surface area (Å²) >= 11 is 5.52. The van der Waals surface area contributed by atoms with E-state index in [0.717, 1.165) is 5.56 Å². The highest BCUT2D eigenvalue weighted by Crippen LogP contribution is 2.13. The van der Waals surface area contributed by atoms with Crippen LogP contribution in [0.1, 0.15) is 36.9 Å². The number of hydrogen-bond donors (Lipinski definition) is 1. The van der Waals surface area contributed by atoms with Gasteiger partial charge in [-0.1, -0.05) is 12.1 Å². The van der Waals surface area contributed by atoms with E-state index in [4.69, 9.17) is 16.9 Å². The number of halogens is 1. The zero-order chi connectivity index (χ0) is 12.7. The molecule has 1 amide bonds. The van der Waals surface area contributed by atoms with Crippen molar-refractivity contribution in [2.75, 3.05) is 5.88 Å². The first-order chi connectivity index (χ1) is 8.17. The van der Waals surface area contributed by atoms with Crippen molar-refractivity contribution in [2.45, 2.75) is 25.8 Å². The number of rotatable bonds is 5. The molecule has 90 valence electrons. The third kappa shape index (κ3) is 4.46. The van der Waals surface area contributed by atoms with Gasteiger partial charge in [0.2, 0.25) is 5.91 Å². The van der Waals surface area contributed by atoms with E-state index in [-0.39, 0.29) is 11.9 Å². The Morgan fingerprint density at radius 3 is 2.65 bits per heavy atom. The van der Waals surface area contributed by atoms with Crippen LogP contribution in [0.25, 0.3) is 0 Å². The lowest BCUT2D eigenvalue weighted by Crippen LogP contribution is -2.26. The van der Waals surface area contributed by atoms with Gasteiger partial charge in [0, 0.05) is 12.3 Å². The minimum Gasteiger partial charge on any atom is -0.350 e. The standard InChI is InChI=1S/C13H15ClN2O/c1-10(16-13(17)3-2-8-14)12-6-4-11(9-15)5-7-12/h4-7,10H,2-3,8H2,1H3,(H,16,17). The topological polar surface area (TPSA) is 52.9 Å². The monoisotopic (exact) mass is 250 g/mol. The van der Waals surface area contributed by atoms with E-state index in [2.05, 4.69) is 11.4 Å². The molecule has 0 saturated carbocycles. The first kappa shape index (κ1) is 13.5. The minimum atomic E-state index is -0.0504. The SMILES string of the molecule is CC(NC(=O)CCCCl)c1ccc(C#N)cc1. The highest BCUT2D eigenvalue weighted by molar-refractivity contribution is 6.17. The van der Waals surface area contributed by atoms with Crippen molar-refractivity contribution in [2.24, 2.45) is 0 Å². The Balaban J connectivity index is 2.54. The minimum absolute atomic E-state index is 0.00232. The second kappa shape index (κ2) is 6.93. The van der Waals surface area contributed by atoms with E-state index in [1.165, 1.54) is 0 Å². The van der Waals surface area contributed by atoms with Crippen molar-refractivity contribution < 1.29 is 4.79 Å². The van der Waals surface area contributed by atoms with Crippen molar-refractivity contribution in [1.82, 2.24) is 5.32 Å². The van der Waals surface area contributed by atoms with E-state index >= 15 is 0 Å². The van der Waals surface area contributed by atoms with E-state index in [1.807, 2.05) is 19.1 Å². The van der Waals surface area contributed by atoms with E-state index < -0.39 is 0 Å². The molecule has 4 heteroatoms. The predicted octanol–water partition coefficient (Wildman–Crippen LogP) is 2.75. The maximum absolute atomic E-state index is 11.5. The molecule has 1 rings (SSSR count). The van der Waals surface area contributed by atoms with Crippen LogP contribution in [-0.2, 0) is 4.79 Å². The second-order valence-corrected chi connectivity index (χ2v) is 4.19. The number of nitrogens with one attached hydrogen (secondary N) is 1. The number of hydrogen-bond acceptors (Lipinski definition) is 2. The molecule has 1 atom stereocenters. The Morgan fingerprint density at radius 1 is 1.47 bits per heavy atom. The number of nitrogens with zero attached hydrogens (tertiary/aromatic N) is 1. The third-order valence-corrected chi connectivity index (χ3v) is 2.72. The summed E-state index contributed by atoms with van der Waals surface area (Å²) < 4.78 is 0. The zero-order valence-corrected chi connectivity index (χ0v) is 10.5. The van der Waals surface area contributed by atoms with Crippen LogP contribution >= 0.6 is 11.6 Å². The molecule has 0 aliphatic heterocycles. The normalized spacial score (nSPS) is 11.6. The van der Waals surface area contributed by atoms with Gasteiger partial charge in [-0.2, -0.15) is 5.26 Å². The Kier molecular flexibility index (Phi) is 5.51. The third-order valence-electron chi connectivity index (χ3n) is 2.45. The molecule has 0 saturated heterocycles. The molecule has 0 heterocycles. The molecule has 17 heavy (non-hydrogen) atoms. The Bertz CT molecular complexity index is 408. The quantitative estimate of drug-likeness (QED) is 0.817. The van der Waals surface area contributed by atoms with Gasteiger partial charge in [-0.05, 0) is 31.0 Å². The van der Waals surface area contributed by atoms with Gasteiger partial charge in [0.1, 0.15) is 0 Å². The van der Waals surface area contributed by atoms with Gasteiger partial charge in [0.05, 0.1) is 17.7 Å². The fourth-order valence-corrected chi connectivity index (χ4v) is 1.60. The van der Waals surface area contributed by atoms with Crippen molar-refractivity contribution in [3.8, 4) is 6.07 Å². The van der Waals surface area contributed by atoms with Crippen LogP contribution < -0.4 is 5.32 Å². The lowest BCUT2D eigenvalue weighted by molar-refractivity contribution is -0.121. The van der Waals surface area contributed by atoms with Crippen molar-refractivity contribution in [3.05, 3.63) is 35.4 Å². The van der Waals surface area contributed by atoms with Crippen LogP contribution in [0.2, 0.25) is 0 Å². The first-order valence-electron chi connectivity index (χ1n) is 5.52. The maximum Gasteiger partial charge on any atom is 0.220 e. The van der Waals surface area contributed by atoms with Crippen molar-refractivity contribution >= 4 is 17.5 Å². The van der Waals surface area contributed by atoms with Gasteiger partial charge in [0.25, 0.3) is 0 Å². The Morgan fingerprint density at radius 2 is 2.12 bits per heavy atom. The van der Waals surface area contributed by atoms with Crippen LogP contribution in [0.5, 0.6) is 0 Å². The summed E-state index contributed by atoms with van der Waals surface area (Å²) in [5.74, 6) is 0.501. The van der Waals surface area contributed by atoms with Crippen LogP contribution in [0, 0.1) is 11.3 Å². The lowest BCUT2D eigenvalue weighted by atomic mass is 10.1. The molecule has 1 unspecified atom stereocenters. The van der Waals surface area contributed by atoms with E-state index in [1.54, 1.807) is 12.1 Å². The van der Waals surface area contributed by atoms with Crippen molar-refractivity contribution in [1.29, 1.82) is 5.26 Å². The summed E-state index contributed by atoms with van der Waals surface area (Å²) in [6.45, 7) is 1.92. The molecule has 1 aromatic carbocycles. The molecular weight excluding hydrogens is 236 g/mol. The summed E-state index contributed by atoms with van der Waals surface area (Å²) in [5, 5.41) is 11.6. The maximum atomic E-state index is 11.5. The lowest BCUT2D eigenvalue weighted by Gasteiger charge is -2.14. The molecule has 0 aromatic heterocycles. The van der Waals surface area contributed by atoms with Crippen LogP contribution in [0.3, 0.4) is 0 Å². The molecule has 0 bridgehead atoms. The van der Waals surface area contributed by atoms with Crippen LogP contribution in [0.4, 0.5) is 0 Å². The smallest absolute Gasteiger partial charge is 0.220 e. The molecule has 0 aliphatic carbocycles. The van der Waals surface area contributed by atoms with Crippen molar-refractivity contribution in [3.63, 3.8) is 0 Å². The number of carbonyl (C=O) groups excluding carboxylic acids is 1. The van der Waals surface area contributed by atoms with Crippen LogP contribution in [-0.4, -0.2) is 11.8 Å². The number of carbonyl (C=O) groups is 1. The Labute approximate surface area is 106 Å². The molecular formula is C13H15ClN2O. The summed E-state index contributed by atoms with van der Waals surface area (Å²) in [6.07, 6.45) is 1.14. The van der Waals surface area contributed by atoms with Gasteiger partial charge in [-0.3, -0.25) is 4.79 Å². The Hall–Kier alpha value is -1.53. The van der Waals surface area contributed by atoms with E-state index in [9.17, 15) is 4.79 Å².